The second kappa shape index (κ2) is 5.57. The van der Waals surface area contributed by atoms with E-state index in [9.17, 15) is 0 Å². The molecule has 0 radical (unpaired) electrons. The number of aromatic nitrogens is 2. The molecule has 0 aliphatic carbocycles. The maximum absolute atomic E-state index is 5.93. The first-order valence-electron chi connectivity index (χ1n) is 6.89. The Morgan fingerprint density at radius 1 is 1.25 bits per heavy atom. The van der Waals surface area contributed by atoms with Crippen LogP contribution in [0.25, 0.3) is 0 Å². The van der Waals surface area contributed by atoms with E-state index in [1.54, 1.807) is 10.7 Å². The molecule has 0 bridgehead atoms. The van der Waals surface area contributed by atoms with E-state index in [4.69, 9.17) is 10.5 Å². The van der Waals surface area contributed by atoms with Crippen molar-refractivity contribution in [3.8, 4) is 5.75 Å². The number of hydrogen-bond acceptors (Lipinski definition) is 3. The second-order valence-corrected chi connectivity index (χ2v) is 6.10. The van der Waals surface area contributed by atoms with Gasteiger partial charge in [-0.25, -0.2) is 0 Å². The number of hydrogen-bond donors (Lipinski definition) is 1. The number of nitrogens with two attached hydrogens (primary N) is 1. The van der Waals surface area contributed by atoms with Gasteiger partial charge in [0, 0.05) is 6.20 Å². The molecule has 0 unspecified atom stereocenters. The van der Waals surface area contributed by atoms with Gasteiger partial charge >= 0.3 is 0 Å². The van der Waals surface area contributed by atoms with Crippen LogP contribution in [0.1, 0.15) is 31.9 Å². The van der Waals surface area contributed by atoms with Gasteiger partial charge in [-0.15, -0.1) is 0 Å². The molecule has 4 nitrogen and oxygen atoms in total. The first-order chi connectivity index (χ1) is 9.36. The monoisotopic (exact) mass is 273 g/mol. The van der Waals surface area contributed by atoms with Crippen LogP contribution in [0.5, 0.6) is 5.75 Å². The topological polar surface area (TPSA) is 53.1 Å². The number of nitrogen functional groups attached to an aromatic ring is 1. The second-order valence-electron chi connectivity index (χ2n) is 6.10. The largest absolute Gasteiger partial charge is 0.491 e. The van der Waals surface area contributed by atoms with Crippen molar-refractivity contribution in [1.82, 2.24) is 9.78 Å². The van der Waals surface area contributed by atoms with Gasteiger partial charge in [0.25, 0.3) is 0 Å². The quantitative estimate of drug-likeness (QED) is 0.931. The standard InChI is InChI=1S/C16H23N3O/c1-12-5-6-14(13(11-12)16(2,3)4)20-10-9-19-8-7-15(17)18-19/h5-8,11H,9-10H2,1-4H3,(H2,17,18). The molecule has 0 saturated heterocycles. The SMILES string of the molecule is Cc1ccc(OCCn2ccc(N)n2)c(C(C)(C)C)c1. The van der Waals surface area contributed by atoms with E-state index in [-0.39, 0.29) is 5.41 Å². The number of anilines is 1. The molecule has 0 fully saturated rings. The molecule has 4 heteroatoms. The summed E-state index contributed by atoms with van der Waals surface area (Å²) in [5.74, 6) is 1.49. The van der Waals surface area contributed by atoms with Crippen molar-refractivity contribution in [2.75, 3.05) is 12.3 Å². The Morgan fingerprint density at radius 2 is 2.00 bits per heavy atom. The highest BCUT2D eigenvalue weighted by atomic mass is 16.5. The number of ether oxygens (including phenoxy) is 1. The van der Waals surface area contributed by atoms with Crippen LogP contribution in [0.3, 0.4) is 0 Å². The molecule has 2 aromatic rings. The maximum atomic E-state index is 5.93. The lowest BCUT2D eigenvalue weighted by atomic mass is 9.85. The van der Waals surface area contributed by atoms with Gasteiger partial charge in [0.2, 0.25) is 0 Å². The summed E-state index contributed by atoms with van der Waals surface area (Å²) in [7, 11) is 0. The molecule has 0 spiro atoms. The summed E-state index contributed by atoms with van der Waals surface area (Å²) in [6.07, 6.45) is 1.86. The third-order valence-electron chi connectivity index (χ3n) is 3.18. The Bertz CT molecular complexity index is 582. The van der Waals surface area contributed by atoms with Gasteiger partial charge in [0.1, 0.15) is 18.2 Å². The summed E-state index contributed by atoms with van der Waals surface area (Å²) in [5.41, 5.74) is 8.14. The average Bonchev–Trinajstić information content (AvgIpc) is 2.76. The van der Waals surface area contributed by atoms with E-state index in [0.717, 1.165) is 5.75 Å². The average molecular weight is 273 g/mol. The molecule has 0 saturated carbocycles. The molecule has 2 N–H and O–H groups in total. The molecular weight excluding hydrogens is 250 g/mol. The minimum absolute atomic E-state index is 0.0669. The van der Waals surface area contributed by atoms with Gasteiger partial charge < -0.3 is 10.5 Å². The number of benzene rings is 1. The normalized spacial score (nSPS) is 11.6. The third kappa shape index (κ3) is 3.53. The lowest BCUT2D eigenvalue weighted by molar-refractivity contribution is 0.284. The summed E-state index contributed by atoms with van der Waals surface area (Å²) < 4.78 is 7.72. The van der Waals surface area contributed by atoms with Crippen LogP contribution in [0, 0.1) is 6.92 Å². The van der Waals surface area contributed by atoms with Gasteiger partial charge in [0.15, 0.2) is 0 Å². The molecule has 1 aromatic carbocycles. The highest BCUT2D eigenvalue weighted by Gasteiger charge is 2.19. The van der Waals surface area contributed by atoms with Gasteiger partial charge in [-0.05, 0) is 30.0 Å². The molecule has 2 rings (SSSR count). The van der Waals surface area contributed by atoms with E-state index >= 15 is 0 Å². The van der Waals surface area contributed by atoms with Crippen molar-refractivity contribution in [1.29, 1.82) is 0 Å². The zero-order chi connectivity index (χ0) is 14.8. The highest BCUT2D eigenvalue weighted by molar-refractivity contribution is 5.41. The number of aryl methyl sites for hydroxylation is 1. The van der Waals surface area contributed by atoms with E-state index in [2.05, 4.69) is 44.9 Å². The van der Waals surface area contributed by atoms with E-state index in [1.807, 2.05) is 12.3 Å². The summed E-state index contributed by atoms with van der Waals surface area (Å²) in [6, 6.07) is 8.11. The minimum atomic E-state index is 0.0669. The third-order valence-corrected chi connectivity index (χ3v) is 3.18. The molecule has 20 heavy (non-hydrogen) atoms. The molecule has 0 atom stereocenters. The van der Waals surface area contributed by atoms with Crippen molar-refractivity contribution >= 4 is 5.82 Å². The van der Waals surface area contributed by atoms with Crippen LogP contribution >= 0.6 is 0 Å². The van der Waals surface area contributed by atoms with Gasteiger partial charge in [-0.2, -0.15) is 5.10 Å². The smallest absolute Gasteiger partial charge is 0.145 e. The molecule has 1 aromatic heterocycles. The van der Waals surface area contributed by atoms with Crippen molar-refractivity contribution in [3.05, 3.63) is 41.6 Å². The Hall–Kier alpha value is -1.97. The molecular formula is C16H23N3O. The van der Waals surface area contributed by atoms with E-state index in [0.29, 0.717) is 19.0 Å². The maximum Gasteiger partial charge on any atom is 0.145 e. The van der Waals surface area contributed by atoms with Crippen LogP contribution in [-0.2, 0) is 12.0 Å². The zero-order valence-corrected chi connectivity index (χ0v) is 12.7. The summed E-state index contributed by atoms with van der Waals surface area (Å²) in [4.78, 5) is 0. The van der Waals surface area contributed by atoms with Crippen molar-refractivity contribution < 1.29 is 4.74 Å². The predicted octanol–water partition coefficient (Wildman–Crippen LogP) is 3.15. The lowest BCUT2D eigenvalue weighted by Crippen LogP contribution is -2.16. The van der Waals surface area contributed by atoms with Crippen LogP contribution in [0.4, 0.5) is 5.82 Å². The predicted molar refractivity (Wildman–Crippen MR) is 82.0 cm³/mol. The highest BCUT2D eigenvalue weighted by Crippen LogP contribution is 2.32. The molecule has 0 aliphatic heterocycles. The fourth-order valence-corrected chi connectivity index (χ4v) is 2.11. The van der Waals surface area contributed by atoms with E-state index < -0.39 is 0 Å². The molecule has 0 aliphatic rings. The fourth-order valence-electron chi connectivity index (χ4n) is 2.11. The van der Waals surface area contributed by atoms with Crippen molar-refractivity contribution in [3.63, 3.8) is 0 Å². The Kier molecular flexibility index (Phi) is 4.02. The summed E-state index contributed by atoms with van der Waals surface area (Å²) in [6.45, 7) is 9.96. The fraction of sp³-hybridized carbons (Fsp3) is 0.438. The van der Waals surface area contributed by atoms with Crippen molar-refractivity contribution in [2.45, 2.75) is 39.7 Å². The Balaban J connectivity index is 2.06. The molecule has 1 heterocycles. The van der Waals surface area contributed by atoms with Crippen LogP contribution in [0.2, 0.25) is 0 Å². The van der Waals surface area contributed by atoms with Crippen LogP contribution in [0.15, 0.2) is 30.5 Å². The minimum Gasteiger partial charge on any atom is -0.491 e. The Morgan fingerprint density at radius 3 is 2.60 bits per heavy atom. The van der Waals surface area contributed by atoms with Gasteiger partial charge in [-0.3, -0.25) is 4.68 Å². The molecule has 0 amide bonds. The summed E-state index contributed by atoms with van der Waals surface area (Å²) in [5, 5.41) is 4.14. The number of nitrogens with zero attached hydrogens (tertiary/aromatic N) is 2. The van der Waals surface area contributed by atoms with Crippen molar-refractivity contribution in [2.24, 2.45) is 0 Å². The first-order valence-corrected chi connectivity index (χ1v) is 6.89. The van der Waals surface area contributed by atoms with Gasteiger partial charge in [0.05, 0.1) is 6.54 Å². The molecule has 108 valence electrons. The zero-order valence-electron chi connectivity index (χ0n) is 12.7. The first kappa shape index (κ1) is 14.4. The van der Waals surface area contributed by atoms with Crippen LogP contribution in [-0.4, -0.2) is 16.4 Å². The van der Waals surface area contributed by atoms with Crippen LogP contribution < -0.4 is 10.5 Å². The number of rotatable bonds is 4. The van der Waals surface area contributed by atoms with E-state index in [1.165, 1.54) is 11.1 Å². The van der Waals surface area contributed by atoms with Gasteiger partial charge in [-0.1, -0.05) is 38.5 Å². The summed E-state index contributed by atoms with van der Waals surface area (Å²) >= 11 is 0. The Labute approximate surface area is 120 Å². The lowest BCUT2D eigenvalue weighted by Gasteiger charge is -2.23.